The summed E-state index contributed by atoms with van der Waals surface area (Å²) in [4.78, 5) is 41.5. The lowest BCUT2D eigenvalue weighted by atomic mass is 10.0. The van der Waals surface area contributed by atoms with Gasteiger partial charge in [-0.2, -0.15) is 0 Å². The van der Waals surface area contributed by atoms with Crippen molar-refractivity contribution < 1.29 is 14.4 Å². The number of aromatic nitrogens is 1. The molecule has 1 aliphatic heterocycles. The monoisotopic (exact) mass is 342 g/mol. The SMILES string of the molecule is CC(C)(C)NC(=O)CN1CC(=O)NC(c2c[nH]c3ccccc23)C1=O. The molecule has 3 N–H and O–H groups in total. The summed E-state index contributed by atoms with van der Waals surface area (Å²) in [7, 11) is 0. The smallest absolute Gasteiger partial charge is 0.250 e. The largest absolute Gasteiger partial charge is 0.361 e. The minimum Gasteiger partial charge on any atom is -0.361 e. The van der Waals surface area contributed by atoms with Crippen LogP contribution in [0.3, 0.4) is 0 Å². The quantitative estimate of drug-likeness (QED) is 0.779. The maximum Gasteiger partial charge on any atom is 0.250 e. The van der Waals surface area contributed by atoms with Gasteiger partial charge >= 0.3 is 0 Å². The summed E-state index contributed by atoms with van der Waals surface area (Å²) in [5, 5.41) is 6.42. The number of piperazine rings is 1. The fourth-order valence-electron chi connectivity index (χ4n) is 3.01. The average molecular weight is 342 g/mol. The zero-order valence-electron chi connectivity index (χ0n) is 14.6. The van der Waals surface area contributed by atoms with Crippen molar-refractivity contribution in [3.63, 3.8) is 0 Å². The fourth-order valence-corrected chi connectivity index (χ4v) is 3.01. The van der Waals surface area contributed by atoms with E-state index in [0.717, 1.165) is 10.9 Å². The van der Waals surface area contributed by atoms with Gasteiger partial charge in [-0.15, -0.1) is 0 Å². The molecule has 1 aromatic carbocycles. The lowest BCUT2D eigenvalue weighted by molar-refractivity contribution is -0.146. The Kier molecular flexibility index (Phi) is 4.24. The first-order valence-corrected chi connectivity index (χ1v) is 8.20. The number of hydrogen-bond donors (Lipinski definition) is 3. The number of amides is 3. The Morgan fingerprint density at radius 1 is 1.28 bits per heavy atom. The van der Waals surface area contributed by atoms with Crippen LogP contribution in [0, 0.1) is 0 Å². The molecular weight excluding hydrogens is 320 g/mol. The van der Waals surface area contributed by atoms with Gasteiger partial charge in [0.05, 0.1) is 0 Å². The lowest BCUT2D eigenvalue weighted by Gasteiger charge is -2.33. The minimum atomic E-state index is -0.792. The second kappa shape index (κ2) is 6.23. The Bertz CT molecular complexity index is 834. The van der Waals surface area contributed by atoms with E-state index in [0.29, 0.717) is 5.56 Å². The first-order valence-electron chi connectivity index (χ1n) is 8.20. The molecule has 1 aliphatic rings. The molecule has 3 rings (SSSR count). The highest BCUT2D eigenvalue weighted by Crippen LogP contribution is 2.27. The van der Waals surface area contributed by atoms with Gasteiger partial charge in [-0.3, -0.25) is 14.4 Å². The van der Waals surface area contributed by atoms with E-state index in [2.05, 4.69) is 15.6 Å². The van der Waals surface area contributed by atoms with Gasteiger partial charge in [0.2, 0.25) is 11.8 Å². The Morgan fingerprint density at radius 3 is 2.72 bits per heavy atom. The number of fused-ring (bicyclic) bond motifs is 1. The highest BCUT2D eigenvalue weighted by molar-refractivity contribution is 6.00. The predicted octanol–water partition coefficient (Wildman–Crippen LogP) is 1.08. The summed E-state index contributed by atoms with van der Waals surface area (Å²) in [5.74, 6) is -0.847. The van der Waals surface area contributed by atoms with Crippen LogP contribution in [0.5, 0.6) is 0 Å². The van der Waals surface area contributed by atoms with E-state index in [1.807, 2.05) is 45.0 Å². The molecule has 7 heteroatoms. The molecule has 0 radical (unpaired) electrons. The Morgan fingerprint density at radius 2 is 2.00 bits per heavy atom. The van der Waals surface area contributed by atoms with E-state index in [9.17, 15) is 14.4 Å². The van der Waals surface area contributed by atoms with Crippen LogP contribution in [0.2, 0.25) is 0 Å². The predicted molar refractivity (Wildman–Crippen MR) is 93.7 cm³/mol. The first-order chi connectivity index (χ1) is 11.7. The van der Waals surface area contributed by atoms with Crippen molar-refractivity contribution in [1.82, 2.24) is 20.5 Å². The van der Waals surface area contributed by atoms with Crippen LogP contribution >= 0.6 is 0 Å². The number of carbonyl (C=O) groups is 3. The van der Waals surface area contributed by atoms with Crippen molar-refractivity contribution in [2.24, 2.45) is 0 Å². The third-order valence-electron chi connectivity index (χ3n) is 3.98. The van der Waals surface area contributed by atoms with Crippen LogP contribution in [-0.4, -0.2) is 46.2 Å². The van der Waals surface area contributed by atoms with Crippen LogP contribution in [0.4, 0.5) is 0 Å². The molecule has 1 atom stereocenters. The van der Waals surface area contributed by atoms with E-state index in [1.165, 1.54) is 4.90 Å². The van der Waals surface area contributed by atoms with Crippen molar-refractivity contribution in [3.8, 4) is 0 Å². The maximum atomic E-state index is 12.8. The van der Waals surface area contributed by atoms with E-state index >= 15 is 0 Å². The number of nitrogens with zero attached hydrogens (tertiary/aromatic N) is 1. The molecule has 0 saturated carbocycles. The van der Waals surface area contributed by atoms with Crippen LogP contribution in [0.25, 0.3) is 10.9 Å². The molecule has 1 fully saturated rings. The van der Waals surface area contributed by atoms with Gasteiger partial charge in [0.25, 0.3) is 5.91 Å². The number of nitrogens with one attached hydrogen (secondary N) is 3. The number of carbonyl (C=O) groups excluding carboxylic acids is 3. The summed E-state index contributed by atoms with van der Waals surface area (Å²) >= 11 is 0. The standard InChI is InChI=1S/C18H22N4O3/c1-18(2,3)21-15(24)10-22-9-14(23)20-16(17(22)25)12-8-19-13-7-5-4-6-11(12)13/h4-8,16,19H,9-10H2,1-3H3,(H,20,23)(H,21,24). The number of benzene rings is 1. The second-order valence-electron chi connectivity index (χ2n) is 7.28. The normalized spacial score (nSPS) is 18.4. The molecule has 0 bridgehead atoms. The maximum absolute atomic E-state index is 12.8. The minimum absolute atomic E-state index is 0.116. The van der Waals surface area contributed by atoms with Gasteiger partial charge in [-0.1, -0.05) is 18.2 Å². The molecule has 3 amide bonds. The summed E-state index contributed by atoms with van der Waals surface area (Å²) in [5.41, 5.74) is 1.20. The molecule has 1 unspecified atom stereocenters. The van der Waals surface area contributed by atoms with E-state index in [4.69, 9.17) is 0 Å². The highest BCUT2D eigenvalue weighted by Gasteiger charge is 2.36. The van der Waals surface area contributed by atoms with Gasteiger partial charge in [-0.25, -0.2) is 0 Å². The number of para-hydroxylation sites is 1. The van der Waals surface area contributed by atoms with Crippen LogP contribution in [-0.2, 0) is 14.4 Å². The van der Waals surface area contributed by atoms with Crippen molar-refractivity contribution in [2.75, 3.05) is 13.1 Å². The zero-order chi connectivity index (χ0) is 18.2. The molecular formula is C18H22N4O3. The molecule has 0 aliphatic carbocycles. The Hall–Kier alpha value is -2.83. The van der Waals surface area contributed by atoms with E-state index in [1.54, 1.807) is 6.20 Å². The van der Waals surface area contributed by atoms with Gasteiger partial charge < -0.3 is 20.5 Å². The lowest BCUT2D eigenvalue weighted by Crippen LogP contribution is -2.56. The molecule has 1 aromatic heterocycles. The first kappa shape index (κ1) is 17.0. The summed E-state index contributed by atoms with van der Waals surface area (Å²) in [6.45, 7) is 5.34. The molecule has 7 nitrogen and oxygen atoms in total. The third-order valence-corrected chi connectivity index (χ3v) is 3.98. The van der Waals surface area contributed by atoms with Crippen molar-refractivity contribution in [3.05, 3.63) is 36.0 Å². The molecule has 25 heavy (non-hydrogen) atoms. The molecule has 2 aromatic rings. The molecule has 2 heterocycles. The van der Waals surface area contributed by atoms with Gasteiger partial charge in [-0.05, 0) is 26.8 Å². The van der Waals surface area contributed by atoms with Crippen LogP contribution in [0.15, 0.2) is 30.5 Å². The van der Waals surface area contributed by atoms with Gasteiger partial charge in [0, 0.05) is 28.2 Å². The molecule has 0 spiro atoms. The second-order valence-corrected chi connectivity index (χ2v) is 7.28. The third kappa shape index (κ3) is 3.65. The highest BCUT2D eigenvalue weighted by atomic mass is 16.2. The van der Waals surface area contributed by atoms with Crippen molar-refractivity contribution in [2.45, 2.75) is 32.4 Å². The molecule has 1 saturated heterocycles. The summed E-state index contributed by atoms with van der Waals surface area (Å²) < 4.78 is 0. The number of hydrogen-bond acceptors (Lipinski definition) is 3. The number of aromatic amines is 1. The molecule has 132 valence electrons. The number of rotatable bonds is 3. The zero-order valence-corrected chi connectivity index (χ0v) is 14.6. The van der Waals surface area contributed by atoms with E-state index in [-0.39, 0.29) is 30.8 Å². The Balaban J connectivity index is 1.83. The van der Waals surface area contributed by atoms with Crippen LogP contribution in [0.1, 0.15) is 32.4 Å². The van der Waals surface area contributed by atoms with Crippen LogP contribution < -0.4 is 10.6 Å². The summed E-state index contributed by atoms with van der Waals surface area (Å²) in [6.07, 6.45) is 1.73. The van der Waals surface area contributed by atoms with Crippen molar-refractivity contribution >= 4 is 28.6 Å². The van der Waals surface area contributed by atoms with Gasteiger partial charge in [0.15, 0.2) is 0 Å². The number of H-pyrrole nitrogens is 1. The topological polar surface area (TPSA) is 94.3 Å². The fraction of sp³-hybridized carbons (Fsp3) is 0.389. The average Bonchev–Trinajstić information content (AvgIpc) is 2.92. The van der Waals surface area contributed by atoms with E-state index < -0.39 is 11.6 Å². The Labute approximate surface area is 145 Å². The van der Waals surface area contributed by atoms with Gasteiger partial charge in [0.1, 0.15) is 19.1 Å². The van der Waals surface area contributed by atoms with Crippen molar-refractivity contribution in [1.29, 1.82) is 0 Å². The summed E-state index contributed by atoms with van der Waals surface area (Å²) in [6, 6.07) is 6.78.